The quantitative estimate of drug-likeness (QED) is 0.208. The van der Waals surface area contributed by atoms with Crippen LogP contribution in [-0.2, 0) is 0 Å². The Morgan fingerprint density at radius 1 is 1.23 bits per heavy atom. The van der Waals surface area contributed by atoms with Crippen LogP contribution in [0.5, 0.6) is 0 Å². The first kappa shape index (κ1) is 10.2. The molecule has 0 saturated heterocycles. The summed E-state index contributed by atoms with van der Waals surface area (Å²) < 4.78 is 0. The fourth-order valence-electron chi connectivity index (χ4n) is 1.92. The normalized spacial score (nSPS) is 21.2. The van der Waals surface area contributed by atoms with Crippen LogP contribution < -0.4 is 11.6 Å². The predicted octanol–water partition coefficient (Wildman–Crippen LogP) is 0.829. The van der Waals surface area contributed by atoms with Crippen molar-refractivity contribution in [2.75, 3.05) is 7.05 Å². The minimum atomic E-state index is 0.451. The monoisotopic (exact) mass is 184 g/mol. The second-order valence-corrected chi connectivity index (χ2v) is 3.74. The number of hydrogen-bond donors (Lipinski definition) is 2. The molecular weight excluding hydrogens is 164 g/mol. The Labute approximate surface area is 80.0 Å². The first-order valence-corrected chi connectivity index (χ1v) is 5.02. The van der Waals surface area contributed by atoms with E-state index in [0.717, 1.165) is 0 Å². The van der Waals surface area contributed by atoms with Crippen LogP contribution in [-0.4, -0.2) is 23.9 Å². The second-order valence-electron chi connectivity index (χ2n) is 3.74. The molecule has 76 valence electrons. The maximum Gasteiger partial charge on any atom is 0.213 e. The summed E-state index contributed by atoms with van der Waals surface area (Å²) in [4.78, 5) is 2.01. The average Bonchev–Trinajstić information content (AvgIpc) is 2.43. The van der Waals surface area contributed by atoms with E-state index < -0.39 is 0 Å². The van der Waals surface area contributed by atoms with Gasteiger partial charge in [-0.2, -0.15) is 0 Å². The summed E-state index contributed by atoms with van der Waals surface area (Å²) in [6, 6.07) is 0.537. The average molecular weight is 184 g/mol. The number of nitrogens with two attached hydrogens (primary N) is 2. The van der Waals surface area contributed by atoms with Crippen molar-refractivity contribution in [1.82, 2.24) is 4.90 Å². The lowest BCUT2D eigenvalue weighted by atomic mass is 10.1. The van der Waals surface area contributed by atoms with Gasteiger partial charge in [0, 0.05) is 13.1 Å². The smallest absolute Gasteiger partial charge is 0.213 e. The molecule has 0 aromatic rings. The van der Waals surface area contributed by atoms with Crippen molar-refractivity contribution in [1.29, 1.82) is 0 Å². The van der Waals surface area contributed by atoms with Crippen molar-refractivity contribution in [2.45, 2.75) is 44.6 Å². The molecular formula is C9H20N4. The molecule has 1 aliphatic rings. The lowest BCUT2D eigenvalue weighted by molar-refractivity contribution is 0.326. The molecule has 4 heteroatoms. The van der Waals surface area contributed by atoms with Crippen molar-refractivity contribution in [3.8, 4) is 0 Å². The molecule has 1 aliphatic carbocycles. The van der Waals surface area contributed by atoms with E-state index in [1.54, 1.807) is 0 Å². The topological polar surface area (TPSA) is 67.6 Å². The van der Waals surface area contributed by atoms with Crippen LogP contribution in [0.25, 0.3) is 0 Å². The maximum atomic E-state index is 5.65. The number of hydrazone groups is 1. The highest BCUT2D eigenvalue weighted by Gasteiger charge is 2.17. The number of nitrogens with zero attached hydrogens (tertiary/aromatic N) is 2. The van der Waals surface area contributed by atoms with Gasteiger partial charge in [0.2, 0.25) is 5.96 Å². The molecule has 0 amide bonds. The zero-order chi connectivity index (χ0) is 9.68. The van der Waals surface area contributed by atoms with Crippen LogP contribution in [0.3, 0.4) is 0 Å². The van der Waals surface area contributed by atoms with E-state index in [4.69, 9.17) is 11.6 Å². The van der Waals surface area contributed by atoms with Crippen LogP contribution in [0.2, 0.25) is 0 Å². The third-order valence-electron chi connectivity index (χ3n) is 2.87. The predicted molar refractivity (Wildman–Crippen MR) is 55.1 cm³/mol. The highest BCUT2D eigenvalue weighted by atomic mass is 15.3. The molecule has 0 unspecified atom stereocenters. The minimum Gasteiger partial charge on any atom is -0.368 e. The lowest BCUT2D eigenvalue weighted by Gasteiger charge is -2.27. The molecule has 4 N–H and O–H groups in total. The van der Waals surface area contributed by atoms with Crippen LogP contribution in [0.15, 0.2) is 5.10 Å². The Morgan fingerprint density at radius 3 is 2.23 bits per heavy atom. The van der Waals surface area contributed by atoms with E-state index >= 15 is 0 Å². The molecule has 0 aliphatic heterocycles. The molecule has 1 saturated carbocycles. The van der Waals surface area contributed by atoms with Crippen LogP contribution in [0.4, 0.5) is 0 Å². The van der Waals surface area contributed by atoms with Crippen molar-refractivity contribution in [2.24, 2.45) is 16.7 Å². The summed E-state index contributed by atoms with van der Waals surface area (Å²) in [5.74, 6) is 5.59. The van der Waals surface area contributed by atoms with Crippen molar-refractivity contribution < 1.29 is 0 Å². The van der Waals surface area contributed by atoms with Gasteiger partial charge < -0.3 is 16.5 Å². The van der Waals surface area contributed by atoms with Gasteiger partial charge in [-0.15, -0.1) is 5.10 Å². The van der Waals surface area contributed by atoms with Crippen LogP contribution >= 0.6 is 0 Å². The molecule has 0 aromatic heterocycles. The van der Waals surface area contributed by atoms with Gasteiger partial charge in [-0.25, -0.2) is 0 Å². The van der Waals surface area contributed by atoms with Gasteiger partial charge in [0.25, 0.3) is 0 Å². The van der Waals surface area contributed by atoms with Gasteiger partial charge >= 0.3 is 0 Å². The number of rotatable bonds is 1. The Kier molecular flexibility index (Phi) is 3.86. The van der Waals surface area contributed by atoms with Gasteiger partial charge in [0.15, 0.2) is 0 Å². The molecule has 0 aromatic carbocycles. The molecule has 13 heavy (non-hydrogen) atoms. The molecule has 0 spiro atoms. The third kappa shape index (κ3) is 2.79. The molecule has 1 rings (SSSR count). The second kappa shape index (κ2) is 4.94. The van der Waals surface area contributed by atoms with E-state index in [9.17, 15) is 0 Å². The van der Waals surface area contributed by atoms with Crippen LogP contribution in [0.1, 0.15) is 38.5 Å². The fraction of sp³-hybridized carbons (Fsp3) is 0.889. The lowest BCUT2D eigenvalue weighted by Crippen LogP contribution is -2.42. The number of hydrogen-bond acceptors (Lipinski definition) is 2. The zero-order valence-corrected chi connectivity index (χ0v) is 8.37. The molecule has 0 bridgehead atoms. The minimum absolute atomic E-state index is 0.451. The van der Waals surface area contributed by atoms with Gasteiger partial charge in [-0.05, 0) is 12.8 Å². The highest BCUT2D eigenvalue weighted by Crippen LogP contribution is 2.20. The van der Waals surface area contributed by atoms with E-state index in [2.05, 4.69) is 5.10 Å². The van der Waals surface area contributed by atoms with Crippen molar-refractivity contribution >= 4 is 5.96 Å². The Bertz CT molecular complexity index is 170. The highest BCUT2D eigenvalue weighted by molar-refractivity contribution is 5.77. The standard InChI is InChI=1S/C9H20N4/c1-13(9(10)12-11)8-6-4-2-3-5-7-8/h8H,2-7,11H2,1H3,(H2,10,12). The summed E-state index contributed by atoms with van der Waals surface area (Å²) in [6.45, 7) is 0. The fourth-order valence-corrected chi connectivity index (χ4v) is 1.92. The van der Waals surface area contributed by atoms with Gasteiger partial charge in [-0.3, -0.25) is 0 Å². The van der Waals surface area contributed by atoms with Gasteiger partial charge in [0.05, 0.1) is 0 Å². The SMILES string of the molecule is CN(C(N)=NN)C1CCCCCC1. The third-order valence-corrected chi connectivity index (χ3v) is 2.87. The van der Waals surface area contributed by atoms with E-state index in [1.807, 2.05) is 11.9 Å². The Balaban J connectivity index is 2.48. The largest absolute Gasteiger partial charge is 0.368 e. The Hall–Kier alpha value is -0.930. The summed E-state index contributed by atoms with van der Waals surface area (Å²) in [7, 11) is 1.97. The first-order valence-electron chi connectivity index (χ1n) is 5.02. The molecule has 0 atom stereocenters. The summed E-state index contributed by atoms with van der Waals surface area (Å²) in [6.07, 6.45) is 7.73. The van der Waals surface area contributed by atoms with E-state index in [1.165, 1.54) is 38.5 Å². The maximum absolute atomic E-state index is 5.65. The first-order chi connectivity index (χ1) is 6.25. The van der Waals surface area contributed by atoms with Gasteiger partial charge in [0.1, 0.15) is 0 Å². The summed E-state index contributed by atoms with van der Waals surface area (Å²) in [5.41, 5.74) is 5.65. The Morgan fingerprint density at radius 2 is 1.77 bits per heavy atom. The van der Waals surface area contributed by atoms with Crippen molar-refractivity contribution in [3.63, 3.8) is 0 Å². The van der Waals surface area contributed by atoms with Gasteiger partial charge in [-0.1, -0.05) is 25.7 Å². The van der Waals surface area contributed by atoms with Crippen molar-refractivity contribution in [3.05, 3.63) is 0 Å². The number of guanidine groups is 1. The molecule has 1 fully saturated rings. The van der Waals surface area contributed by atoms with E-state index in [0.29, 0.717) is 12.0 Å². The van der Waals surface area contributed by atoms with Crippen LogP contribution in [0, 0.1) is 0 Å². The zero-order valence-electron chi connectivity index (χ0n) is 8.37. The van der Waals surface area contributed by atoms with E-state index in [-0.39, 0.29) is 0 Å². The molecule has 0 radical (unpaired) electrons. The molecule has 4 nitrogen and oxygen atoms in total. The summed E-state index contributed by atoms with van der Waals surface area (Å²) >= 11 is 0. The summed E-state index contributed by atoms with van der Waals surface area (Å²) in [5, 5.41) is 3.51. The molecule has 0 heterocycles.